The number of carboxylic acid groups (broad SMARTS) is 1. The third-order valence-corrected chi connectivity index (χ3v) is 2.66. The van der Waals surface area contributed by atoms with E-state index in [1.54, 1.807) is 0 Å². The van der Waals surface area contributed by atoms with Gasteiger partial charge in [-0.05, 0) is 31.5 Å². The number of hydrogen-bond acceptors (Lipinski definition) is 3. The summed E-state index contributed by atoms with van der Waals surface area (Å²) in [6.45, 7) is 1.36. The largest absolute Gasteiger partial charge is 0.481 e. The van der Waals surface area contributed by atoms with Crippen LogP contribution in [0.15, 0.2) is 18.5 Å². The summed E-state index contributed by atoms with van der Waals surface area (Å²) in [7, 11) is 1.93. The fraction of sp³-hybridized carbons (Fsp3) is 0.583. The van der Waals surface area contributed by atoms with Crippen molar-refractivity contribution in [3.63, 3.8) is 0 Å². The minimum atomic E-state index is -0.862. The molecule has 96 valence electrons. The van der Waals surface area contributed by atoms with E-state index in [1.807, 2.05) is 30.4 Å². The number of aromatic amines is 1. The Morgan fingerprint density at radius 2 is 2.35 bits per heavy atom. The molecule has 17 heavy (non-hydrogen) atoms. The maximum absolute atomic E-state index is 10.3. The lowest BCUT2D eigenvalue weighted by Gasteiger charge is -2.19. The summed E-state index contributed by atoms with van der Waals surface area (Å²) in [6, 6.07) is 2.02. The van der Waals surface area contributed by atoms with Crippen molar-refractivity contribution in [1.29, 1.82) is 0 Å². The first kappa shape index (κ1) is 13.7. The zero-order chi connectivity index (χ0) is 12.7. The number of nitrogens with zero attached hydrogens (tertiary/aromatic N) is 1. The molecule has 5 heteroatoms. The summed E-state index contributed by atoms with van der Waals surface area (Å²) in [4.78, 5) is 15.3. The molecule has 0 saturated heterocycles. The Morgan fingerprint density at radius 1 is 1.59 bits per heavy atom. The van der Waals surface area contributed by atoms with Crippen LogP contribution in [0.2, 0.25) is 0 Å². The first-order chi connectivity index (χ1) is 8.08. The van der Waals surface area contributed by atoms with Gasteiger partial charge in [-0.25, -0.2) is 0 Å². The molecule has 0 amide bonds. The predicted molar refractivity (Wildman–Crippen MR) is 64.9 cm³/mol. The van der Waals surface area contributed by atoms with E-state index in [9.17, 15) is 9.90 Å². The van der Waals surface area contributed by atoms with Crippen LogP contribution < -0.4 is 0 Å². The Balaban J connectivity index is 2.15. The molecule has 0 aromatic carbocycles. The molecule has 1 aromatic rings. The van der Waals surface area contributed by atoms with Crippen LogP contribution in [0.25, 0.3) is 0 Å². The molecule has 1 aromatic heterocycles. The molecule has 0 radical (unpaired) electrons. The smallest absolute Gasteiger partial charge is 0.303 e. The Hall–Kier alpha value is -1.33. The van der Waals surface area contributed by atoms with Gasteiger partial charge in [0.15, 0.2) is 0 Å². The second-order valence-electron chi connectivity index (χ2n) is 4.32. The van der Waals surface area contributed by atoms with Gasteiger partial charge in [-0.1, -0.05) is 0 Å². The SMILES string of the molecule is CN(CCc1cc[nH]c1)CC(O)CCC(=O)O. The number of aliphatic hydroxyl groups excluding tert-OH is 1. The molecule has 1 unspecified atom stereocenters. The van der Waals surface area contributed by atoms with E-state index in [0.29, 0.717) is 13.0 Å². The van der Waals surface area contributed by atoms with E-state index < -0.39 is 12.1 Å². The van der Waals surface area contributed by atoms with Crippen LogP contribution >= 0.6 is 0 Å². The van der Waals surface area contributed by atoms with Crippen LogP contribution in [0, 0.1) is 0 Å². The second kappa shape index (κ2) is 7.09. The first-order valence-corrected chi connectivity index (χ1v) is 5.78. The van der Waals surface area contributed by atoms with Gasteiger partial charge in [0.1, 0.15) is 0 Å². The van der Waals surface area contributed by atoms with Gasteiger partial charge >= 0.3 is 5.97 Å². The molecule has 0 saturated carbocycles. The summed E-state index contributed by atoms with van der Waals surface area (Å²) in [5, 5.41) is 18.1. The summed E-state index contributed by atoms with van der Waals surface area (Å²) >= 11 is 0. The summed E-state index contributed by atoms with van der Waals surface area (Å²) < 4.78 is 0. The lowest BCUT2D eigenvalue weighted by molar-refractivity contribution is -0.137. The van der Waals surface area contributed by atoms with Crippen LogP contribution in [-0.4, -0.2) is 52.3 Å². The highest BCUT2D eigenvalue weighted by molar-refractivity contribution is 5.66. The topological polar surface area (TPSA) is 76.6 Å². The Bertz CT molecular complexity index is 325. The Morgan fingerprint density at radius 3 is 2.94 bits per heavy atom. The van der Waals surface area contributed by atoms with Gasteiger partial charge in [-0.3, -0.25) is 4.79 Å². The maximum Gasteiger partial charge on any atom is 0.303 e. The highest BCUT2D eigenvalue weighted by atomic mass is 16.4. The van der Waals surface area contributed by atoms with Crippen LogP contribution in [0.4, 0.5) is 0 Å². The molecular weight excluding hydrogens is 220 g/mol. The predicted octanol–water partition coefficient (Wildman–Crippen LogP) is 0.715. The van der Waals surface area contributed by atoms with Gasteiger partial charge in [0, 0.05) is 31.9 Å². The molecule has 0 bridgehead atoms. The molecule has 3 N–H and O–H groups in total. The molecule has 0 aliphatic heterocycles. The lowest BCUT2D eigenvalue weighted by atomic mass is 10.2. The number of aliphatic carboxylic acids is 1. The van der Waals surface area contributed by atoms with Gasteiger partial charge < -0.3 is 20.1 Å². The van der Waals surface area contributed by atoms with Gasteiger partial charge in [-0.15, -0.1) is 0 Å². The summed E-state index contributed by atoms with van der Waals surface area (Å²) in [5.41, 5.74) is 1.23. The van der Waals surface area contributed by atoms with Crippen molar-refractivity contribution in [3.8, 4) is 0 Å². The zero-order valence-corrected chi connectivity index (χ0v) is 10.1. The van der Waals surface area contributed by atoms with Crippen molar-refractivity contribution in [3.05, 3.63) is 24.0 Å². The van der Waals surface area contributed by atoms with E-state index in [0.717, 1.165) is 13.0 Å². The number of likely N-dealkylation sites (N-methyl/N-ethyl adjacent to an activating group) is 1. The summed E-state index contributed by atoms with van der Waals surface area (Å²) in [5.74, 6) is -0.862. The molecule has 0 aliphatic carbocycles. The van der Waals surface area contributed by atoms with Crippen LogP contribution in [0.1, 0.15) is 18.4 Å². The number of hydrogen-bond donors (Lipinski definition) is 3. The van der Waals surface area contributed by atoms with E-state index in [2.05, 4.69) is 4.98 Å². The average Bonchev–Trinajstić information content (AvgIpc) is 2.76. The fourth-order valence-corrected chi connectivity index (χ4v) is 1.67. The maximum atomic E-state index is 10.3. The van der Waals surface area contributed by atoms with Gasteiger partial charge in [0.2, 0.25) is 0 Å². The van der Waals surface area contributed by atoms with Gasteiger partial charge in [0.05, 0.1) is 6.10 Å². The number of nitrogens with one attached hydrogen (secondary N) is 1. The highest BCUT2D eigenvalue weighted by Gasteiger charge is 2.10. The number of rotatable bonds is 8. The minimum absolute atomic E-state index is 0.0207. The van der Waals surface area contributed by atoms with Gasteiger partial charge in [-0.2, -0.15) is 0 Å². The summed E-state index contributed by atoms with van der Waals surface area (Å²) in [6.07, 6.45) is 4.52. The highest BCUT2D eigenvalue weighted by Crippen LogP contribution is 2.02. The quantitative estimate of drug-likeness (QED) is 0.625. The molecule has 0 spiro atoms. The number of H-pyrrole nitrogens is 1. The van der Waals surface area contributed by atoms with Crippen molar-refractivity contribution >= 4 is 5.97 Å². The fourth-order valence-electron chi connectivity index (χ4n) is 1.67. The van der Waals surface area contributed by atoms with Crippen molar-refractivity contribution in [2.45, 2.75) is 25.4 Å². The van der Waals surface area contributed by atoms with Crippen molar-refractivity contribution in [2.24, 2.45) is 0 Å². The van der Waals surface area contributed by atoms with Crippen molar-refractivity contribution < 1.29 is 15.0 Å². The van der Waals surface area contributed by atoms with Crippen molar-refractivity contribution in [1.82, 2.24) is 9.88 Å². The van der Waals surface area contributed by atoms with E-state index >= 15 is 0 Å². The molecule has 1 rings (SSSR count). The standard InChI is InChI=1S/C12H20N2O3/c1-14(7-5-10-4-6-13-8-10)9-11(15)2-3-12(16)17/h4,6,8,11,13,15H,2-3,5,7,9H2,1H3,(H,16,17). The first-order valence-electron chi connectivity index (χ1n) is 5.78. The van der Waals surface area contributed by atoms with E-state index in [4.69, 9.17) is 5.11 Å². The molecule has 0 aliphatic rings. The normalized spacial score (nSPS) is 12.9. The molecule has 1 heterocycles. The lowest BCUT2D eigenvalue weighted by Crippen LogP contribution is -2.31. The van der Waals surface area contributed by atoms with Crippen molar-refractivity contribution in [2.75, 3.05) is 20.1 Å². The van der Waals surface area contributed by atoms with Crippen LogP contribution in [0.3, 0.4) is 0 Å². The van der Waals surface area contributed by atoms with Crippen LogP contribution in [0.5, 0.6) is 0 Å². The third kappa shape index (κ3) is 6.09. The Labute approximate surface area is 101 Å². The number of aromatic nitrogens is 1. The third-order valence-electron chi connectivity index (χ3n) is 2.66. The molecule has 1 atom stereocenters. The monoisotopic (exact) mass is 240 g/mol. The van der Waals surface area contributed by atoms with E-state index in [-0.39, 0.29) is 6.42 Å². The zero-order valence-electron chi connectivity index (χ0n) is 10.1. The van der Waals surface area contributed by atoms with E-state index in [1.165, 1.54) is 5.56 Å². The molecule has 5 nitrogen and oxygen atoms in total. The molecular formula is C12H20N2O3. The van der Waals surface area contributed by atoms with Crippen LogP contribution in [-0.2, 0) is 11.2 Å². The average molecular weight is 240 g/mol. The second-order valence-corrected chi connectivity index (χ2v) is 4.32. The number of carbonyl (C=O) groups is 1. The van der Waals surface area contributed by atoms with Gasteiger partial charge in [0.25, 0.3) is 0 Å². The number of carboxylic acids is 1. The number of aliphatic hydroxyl groups is 1. The molecule has 0 fully saturated rings. The minimum Gasteiger partial charge on any atom is -0.481 e. The Kier molecular flexibility index (Phi) is 5.72.